The lowest BCUT2D eigenvalue weighted by Gasteiger charge is -2.17. The third kappa shape index (κ3) is 3.64. The van der Waals surface area contributed by atoms with Crippen LogP contribution in [0.15, 0.2) is 66.7 Å². The van der Waals surface area contributed by atoms with Crippen LogP contribution < -0.4 is 9.47 Å². The molecule has 1 heterocycles. The molecule has 0 atom stereocenters. The SMILES string of the molecule is COc1ccccc1Oc1cccc(CN2Cc3cccc(I)c3C2=O)c1. The lowest BCUT2D eigenvalue weighted by molar-refractivity contribution is 0.0766. The highest BCUT2D eigenvalue weighted by atomic mass is 127. The van der Waals surface area contributed by atoms with Crippen LogP contribution in [0.2, 0.25) is 0 Å². The molecule has 0 spiro atoms. The van der Waals surface area contributed by atoms with Gasteiger partial charge in [-0.15, -0.1) is 0 Å². The maximum atomic E-state index is 12.8. The van der Waals surface area contributed by atoms with Gasteiger partial charge in [-0.25, -0.2) is 0 Å². The molecule has 0 fully saturated rings. The number of benzene rings is 3. The average molecular weight is 471 g/mol. The zero-order valence-corrected chi connectivity index (χ0v) is 17.0. The molecule has 0 N–H and O–H groups in total. The van der Waals surface area contributed by atoms with Crippen LogP contribution in [0, 0.1) is 3.57 Å². The zero-order valence-electron chi connectivity index (χ0n) is 14.8. The quantitative estimate of drug-likeness (QED) is 0.478. The predicted octanol–water partition coefficient (Wildman–Crippen LogP) is 5.25. The summed E-state index contributed by atoms with van der Waals surface area (Å²) in [4.78, 5) is 14.6. The molecular weight excluding hydrogens is 453 g/mol. The number of methoxy groups -OCH3 is 1. The largest absolute Gasteiger partial charge is 0.493 e. The molecular formula is C22H18INO3. The first-order valence-corrected chi connectivity index (χ1v) is 9.70. The maximum absolute atomic E-state index is 12.8. The summed E-state index contributed by atoms with van der Waals surface area (Å²) < 4.78 is 12.3. The standard InChI is InChI=1S/C22H18INO3/c1-26-19-10-2-3-11-20(19)27-17-8-4-6-15(12-17)13-24-14-16-7-5-9-18(23)21(16)22(24)25/h2-12H,13-14H2,1H3. The van der Waals surface area contributed by atoms with Gasteiger partial charge in [-0.2, -0.15) is 0 Å². The molecule has 0 bridgehead atoms. The van der Waals surface area contributed by atoms with E-state index in [1.54, 1.807) is 7.11 Å². The van der Waals surface area contributed by atoms with Crippen molar-refractivity contribution in [1.29, 1.82) is 0 Å². The second-order valence-electron chi connectivity index (χ2n) is 6.34. The molecule has 27 heavy (non-hydrogen) atoms. The van der Waals surface area contributed by atoms with Crippen LogP contribution in [-0.2, 0) is 13.1 Å². The molecule has 0 aromatic heterocycles. The highest BCUT2D eigenvalue weighted by molar-refractivity contribution is 14.1. The van der Waals surface area contributed by atoms with Gasteiger partial charge in [0.2, 0.25) is 0 Å². The van der Waals surface area contributed by atoms with Crippen LogP contribution in [0.3, 0.4) is 0 Å². The fraction of sp³-hybridized carbons (Fsp3) is 0.136. The van der Waals surface area contributed by atoms with Crippen LogP contribution in [0.4, 0.5) is 0 Å². The van der Waals surface area contributed by atoms with Crippen molar-refractivity contribution in [3.05, 3.63) is 87.0 Å². The Kier molecular flexibility index (Phi) is 5.03. The third-order valence-electron chi connectivity index (χ3n) is 4.53. The number of ether oxygens (including phenoxy) is 2. The number of hydrogen-bond donors (Lipinski definition) is 0. The fourth-order valence-electron chi connectivity index (χ4n) is 3.26. The van der Waals surface area contributed by atoms with E-state index in [1.165, 1.54) is 0 Å². The summed E-state index contributed by atoms with van der Waals surface area (Å²) in [5, 5.41) is 0. The minimum atomic E-state index is 0.0889. The molecule has 3 aromatic carbocycles. The van der Waals surface area contributed by atoms with E-state index in [-0.39, 0.29) is 5.91 Å². The first kappa shape index (κ1) is 17.9. The molecule has 1 aliphatic rings. The van der Waals surface area contributed by atoms with E-state index in [0.717, 1.165) is 26.0 Å². The molecule has 0 saturated heterocycles. The van der Waals surface area contributed by atoms with Gasteiger partial charge in [0.1, 0.15) is 5.75 Å². The van der Waals surface area contributed by atoms with Crippen molar-refractivity contribution >= 4 is 28.5 Å². The van der Waals surface area contributed by atoms with Gasteiger partial charge >= 0.3 is 0 Å². The van der Waals surface area contributed by atoms with Gasteiger partial charge in [0.15, 0.2) is 11.5 Å². The number of carbonyl (C=O) groups excluding carboxylic acids is 1. The van der Waals surface area contributed by atoms with Crippen LogP contribution in [0.1, 0.15) is 21.5 Å². The first-order chi connectivity index (χ1) is 13.2. The lowest BCUT2D eigenvalue weighted by atomic mass is 10.1. The molecule has 4 rings (SSSR count). The summed E-state index contributed by atoms with van der Waals surface area (Å²) >= 11 is 2.23. The number of carbonyl (C=O) groups is 1. The topological polar surface area (TPSA) is 38.8 Å². The van der Waals surface area contributed by atoms with Gasteiger partial charge in [0, 0.05) is 16.7 Å². The van der Waals surface area contributed by atoms with Crippen LogP contribution in [0.25, 0.3) is 0 Å². The van der Waals surface area contributed by atoms with E-state index in [9.17, 15) is 4.79 Å². The molecule has 1 amide bonds. The third-order valence-corrected chi connectivity index (χ3v) is 5.43. The minimum Gasteiger partial charge on any atom is -0.493 e. The van der Waals surface area contributed by atoms with Crippen molar-refractivity contribution in [2.24, 2.45) is 0 Å². The van der Waals surface area contributed by atoms with E-state index in [2.05, 4.69) is 22.6 Å². The number of fused-ring (bicyclic) bond motifs is 1. The van der Waals surface area contributed by atoms with Gasteiger partial charge in [-0.05, 0) is 64.0 Å². The number of amides is 1. The molecule has 3 aromatic rings. The normalized spacial score (nSPS) is 12.8. The lowest BCUT2D eigenvalue weighted by Crippen LogP contribution is -2.23. The van der Waals surface area contributed by atoms with Gasteiger partial charge in [0.25, 0.3) is 5.91 Å². The van der Waals surface area contributed by atoms with Crippen LogP contribution in [0.5, 0.6) is 17.2 Å². The Bertz CT molecular complexity index is 1000. The number of nitrogens with zero attached hydrogens (tertiary/aromatic N) is 1. The number of para-hydroxylation sites is 2. The summed E-state index contributed by atoms with van der Waals surface area (Å²) in [5.74, 6) is 2.15. The number of rotatable bonds is 5. The van der Waals surface area contributed by atoms with E-state index < -0.39 is 0 Å². The van der Waals surface area contributed by atoms with E-state index >= 15 is 0 Å². The molecule has 0 saturated carbocycles. The van der Waals surface area contributed by atoms with E-state index in [4.69, 9.17) is 9.47 Å². The smallest absolute Gasteiger partial charge is 0.255 e. The molecule has 0 aliphatic carbocycles. The minimum absolute atomic E-state index is 0.0889. The van der Waals surface area contributed by atoms with Crippen molar-refractivity contribution < 1.29 is 14.3 Å². The molecule has 136 valence electrons. The molecule has 4 nitrogen and oxygen atoms in total. The summed E-state index contributed by atoms with van der Waals surface area (Å²) in [6, 6.07) is 21.4. The highest BCUT2D eigenvalue weighted by Gasteiger charge is 2.29. The molecule has 0 unspecified atom stereocenters. The van der Waals surface area contributed by atoms with Crippen LogP contribution >= 0.6 is 22.6 Å². The number of hydrogen-bond acceptors (Lipinski definition) is 3. The Morgan fingerprint density at radius 1 is 1.00 bits per heavy atom. The average Bonchev–Trinajstić information content (AvgIpc) is 2.99. The summed E-state index contributed by atoms with van der Waals surface area (Å²) in [5.41, 5.74) is 2.95. The Morgan fingerprint density at radius 3 is 2.56 bits per heavy atom. The predicted molar refractivity (Wildman–Crippen MR) is 112 cm³/mol. The monoisotopic (exact) mass is 471 g/mol. The zero-order chi connectivity index (χ0) is 18.8. The Balaban J connectivity index is 1.52. The van der Waals surface area contributed by atoms with Crippen molar-refractivity contribution in [1.82, 2.24) is 4.90 Å². The molecule has 0 radical (unpaired) electrons. The van der Waals surface area contributed by atoms with E-state index in [0.29, 0.717) is 24.6 Å². The van der Waals surface area contributed by atoms with Crippen molar-refractivity contribution in [3.8, 4) is 17.2 Å². The Labute approximate surface area is 171 Å². The highest BCUT2D eigenvalue weighted by Crippen LogP contribution is 2.32. The second-order valence-corrected chi connectivity index (χ2v) is 7.50. The summed E-state index contributed by atoms with van der Waals surface area (Å²) in [6.07, 6.45) is 0. The molecule has 1 aliphatic heterocycles. The van der Waals surface area contributed by atoms with Gasteiger partial charge in [0.05, 0.1) is 12.7 Å². The van der Waals surface area contributed by atoms with Crippen LogP contribution in [-0.4, -0.2) is 17.9 Å². The van der Waals surface area contributed by atoms with Crippen molar-refractivity contribution in [3.63, 3.8) is 0 Å². The van der Waals surface area contributed by atoms with Crippen molar-refractivity contribution in [2.75, 3.05) is 7.11 Å². The van der Waals surface area contributed by atoms with E-state index in [1.807, 2.05) is 71.6 Å². The van der Waals surface area contributed by atoms with Gasteiger partial charge < -0.3 is 14.4 Å². The fourth-order valence-corrected chi connectivity index (χ4v) is 4.05. The molecule has 5 heteroatoms. The van der Waals surface area contributed by atoms with Crippen molar-refractivity contribution in [2.45, 2.75) is 13.1 Å². The second kappa shape index (κ2) is 7.60. The summed E-state index contributed by atoms with van der Waals surface area (Å²) in [7, 11) is 1.62. The first-order valence-electron chi connectivity index (χ1n) is 8.62. The maximum Gasteiger partial charge on any atom is 0.255 e. The summed E-state index contributed by atoms with van der Waals surface area (Å²) in [6.45, 7) is 1.19. The Hall–Kier alpha value is -2.54. The number of halogens is 1. The Morgan fingerprint density at radius 2 is 1.78 bits per heavy atom. The van der Waals surface area contributed by atoms with Gasteiger partial charge in [-0.1, -0.05) is 36.4 Å². The van der Waals surface area contributed by atoms with Gasteiger partial charge in [-0.3, -0.25) is 4.79 Å².